The Balaban J connectivity index is 1.25. The Kier molecular flexibility index (Phi) is 7.18. The highest BCUT2D eigenvalue weighted by molar-refractivity contribution is 6.23. The van der Waals surface area contributed by atoms with Gasteiger partial charge in [-0.05, 0) is 90.9 Å². The number of para-hydroxylation sites is 2. The standard InChI is InChI=1S/C48H34N4O/c1-3-4-21-44-45(48-50-46(31-14-7-5-8-15-31)37-24-25-40-36(19-13-28-49-40)47(37)51(48)2)39-30-33(23-27-43(39)53-44)32-22-26-42-38(29-32)35-18-11-12-20-41(35)52(42)34-16-9-6-10-17-34/h3-30H,1-2H3/b4-3-,44-21+,48-45-. The number of aliphatic imine (C=N–C) groups is 1. The Hall–Kier alpha value is -6.98. The first kappa shape index (κ1) is 30.8. The first-order valence-electron chi connectivity index (χ1n) is 17.9. The molecule has 0 spiro atoms. The molecule has 4 heterocycles. The van der Waals surface area contributed by atoms with Crippen LogP contribution in [0.2, 0.25) is 0 Å². The van der Waals surface area contributed by atoms with E-state index in [-0.39, 0.29) is 0 Å². The van der Waals surface area contributed by atoms with Crippen LogP contribution in [0, 0.1) is 0 Å². The molecule has 0 bridgehead atoms. The number of nitrogens with zero attached hydrogens (tertiary/aromatic N) is 4. The van der Waals surface area contributed by atoms with Crippen LogP contribution < -0.4 is 15.5 Å². The summed E-state index contributed by atoms with van der Waals surface area (Å²) in [5.74, 6) is 0.820. The van der Waals surface area contributed by atoms with Gasteiger partial charge in [0, 0.05) is 51.6 Å². The summed E-state index contributed by atoms with van der Waals surface area (Å²) >= 11 is 0. The van der Waals surface area contributed by atoms with Gasteiger partial charge in [-0.3, -0.25) is 4.98 Å². The Bertz CT molecular complexity index is 3080. The van der Waals surface area contributed by atoms with Gasteiger partial charge in [-0.25, -0.2) is 4.99 Å². The lowest BCUT2D eigenvalue weighted by molar-refractivity contribution is 0.575. The third-order valence-corrected chi connectivity index (χ3v) is 10.3. The molecule has 1 aliphatic heterocycles. The van der Waals surface area contributed by atoms with Crippen LogP contribution in [0.25, 0.3) is 72.4 Å². The van der Waals surface area contributed by atoms with Gasteiger partial charge in [-0.2, -0.15) is 0 Å². The lowest BCUT2D eigenvalue weighted by atomic mass is 9.95. The van der Waals surface area contributed by atoms with Crippen LogP contribution in [0.1, 0.15) is 18.1 Å². The van der Waals surface area contributed by atoms with E-state index in [4.69, 9.17) is 14.4 Å². The first-order valence-corrected chi connectivity index (χ1v) is 17.9. The first-order chi connectivity index (χ1) is 26.2. The number of pyridine rings is 1. The summed E-state index contributed by atoms with van der Waals surface area (Å²) in [4.78, 5) is 12.4. The summed E-state index contributed by atoms with van der Waals surface area (Å²) in [6, 6.07) is 51.4. The second-order valence-corrected chi connectivity index (χ2v) is 13.4. The van der Waals surface area contributed by atoms with Crippen LogP contribution in [0.3, 0.4) is 0 Å². The molecule has 0 amide bonds. The molecule has 5 nitrogen and oxygen atoms in total. The largest absolute Gasteiger partial charge is 0.456 e. The topological polar surface area (TPSA) is 46.6 Å². The van der Waals surface area contributed by atoms with Gasteiger partial charge < -0.3 is 13.9 Å². The Labute approximate surface area is 306 Å². The summed E-state index contributed by atoms with van der Waals surface area (Å²) in [5.41, 5.74) is 12.4. The van der Waals surface area contributed by atoms with E-state index in [1.165, 1.54) is 21.8 Å². The Morgan fingerprint density at radius 2 is 1.34 bits per heavy atom. The molecule has 0 radical (unpaired) electrons. The lowest BCUT2D eigenvalue weighted by Gasteiger charge is -2.30. The van der Waals surface area contributed by atoms with Crippen LogP contribution in [0.15, 0.2) is 173 Å². The minimum absolute atomic E-state index is 0.761. The van der Waals surface area contributed by atoms with Crippen molar-refractivity contribution in [3.63, 3.8) is 0 Å². The zero-order valence-electron chi connectivity index (χ0n) is 29.4. The molecule has 0 aliphatic carbocycles. The van der Waals surface area contributed by atoms with Crippen molar-refractivity contribution in [2.45, 2.75) is 6.92 Å². The SMILES string of the molecule is C\C=C/C=c1/oc2ccc(-c3ccc4c(c3)c3ccccc3n4-c3ccccc3)cc2/c1=C1\N=C(c2ccccc2)c2ccc3ncccc3c2N1C. The molecule has 1 aliphatic rings. The van der Waals surface area contributed by atoms with Crippen LogP contribution in [-0.4, -0.2) is 22.3 Å². The maximum absolute atomic E-state index is 6.65. The van der Waals surface area contributed by atoms with E-state index in [0.29, 0.717) is 0 Å². The minimum Gasteiger partial charge on any atom is -0.456 e. The molecule has 0 saturated carbocycles. The van der Waals surface area contributed by atoms with Crippen LogP contribution in [0.4, 0.5) is 5.69 Å². The fraction of sp³-hybridized carbons (Fsp3) is 0.0417. The highest BCUT2D eigenvalue weighted by atomic mass is 16.3. The quantitative estimate of drug-likeness (QED) is 0.186. The van der Waals surface area contributed by atoms with Gasteiger partial charge in [0.05, 0.1) is 33.2 Å². The van der Waals surface area contributed by atoms with Crippen LogP contribution in [-0.2, 0) is 0 Å². The molecular weight excluding hydrogens is 649 g/mol. The van der Waals surface area contributed by atoms with Crippen molar-refractivity contribution in [3.8, 4) is 16.8 Å². The second-order valence-electron chi connectivity index (χ2n) is 13.4. The Morgan fingerprint density at radius 1 is 0.623 bits per heavy atom. The van der Waals surface area contributed by atoms with Crippen LogP contribution >= 0.6 is 0 Å². The monoisotopic (exact) mass is 682 g/mol. The van der Waals surface area contributed by atoms with Gasteiger partial charge in [0.25, 0.3) is 0 Å². The van der Waals surface area contributed by atoms with Gasteiger partial charge >= 0.3 is 0 Å². The van der Waals surface area contributed by atoms with Gasteiger partial charge in [0.15, 0.2) is 0 Å². The van der Waals surface area contributed by atoms with Crippen molar-refractivity contribution in [2.24, 2.45) is 4.99 Å². The Morgan fingerprint density at radius 3 is 2.17 bits per heavy atom. The van der Waals surface area contributed by atoms with E-state index in [1.54, 1.807) is 0 Å². The molecule has 0 unspecified atom stereocenters. The fourth-order valence-electron chi connectivity index (χ4n) is 7.91. The zero-order chi connectivity index (χ0) is 35.5. The lowest BCUT2D eigenvalue weighted by Crippen LogP contribution is -2.34. The average molecular weight is 683 g/mol. The number of allylic oxidation sites excluding steroid dienone is 2. The van der Waals surface area contributed by atoms with E-state index in [9.17, 15) is 0 Å². The van der Waals surface area contributed by atoms with Gasteiger partial charge in [-0.1, -0.05) is 91.0 Å². The average Bonchev–Trinajstić information content (AvgIpc) is 3.75. The van der Waals surface area contributed by atoms with E-state index in [1.807, 2.05) is 43.5 Å². The van der Waals surface area contributed by atoms with E-state index in [2.05, 4.69) is 150 Å². The number of hydrogen-bond donors (Lipinski definition) is 0. The number of fused-ring (bicyclic) bond motifs is 7. The summed E-state index contributed by atoms with van der Waals surface area (Å²) in [6.45, 7) is 2.02. The maximum Gasteiger partial charge on any atom is 0.145 e. The summed E-state index contributed by atoms with van der Waals surface area (Å²) in [7, 11) is 2.10. The van der Waals surface area contributed by atoms with Crippen molar-refractivity contribution < 1.29 is 4.42 Å². The van der Waals surface area contributed by atoms with Crippen molar-refractivity contribution in [3.05, 3.63) is 186 Å². The molecule has 3 aromatic heterocycles. The molecule has 0 atom stereocenters. The van der Waals surface area contributed by atoms with E-state index in [0.717, 1.165) is 77.7 Å². The zero-order valence-corrected chi connectivity index (χ0v) is 29.4. The minimum atomic E-state index is 0.761. The predicted octanol–water partition coefficient (Wildman–Crippen LogP) is 10.2. The summed E-state index contributed by atoms with van der Waals surface area (Å²) in [5, 5.41) is 5.47. The van der Waals surface area contributed by atoms with Gasteiger partial charge in [-0.15, -0.1) is 0 Å². The molecule has 0 saturated heterocycles. The number of aromatic nitrogens is 2. The number of hydrogen-bond acceptors (Lipinski definition) is 4. The van der Waals surface area contributed by atoms with Gasteiger partial charge in [0.1, 0.15) is 16.8 Å². The number of anilines is 1. The molecule has 0 fully saturated rings. The third-order valence-electron chi connectivity index (χ3n) is 10.3. The molecule has 0 N–H and O–H groups in total. The molecule has 6 aromatic carbocycles. The van der Waals surface area contributed by atoms with Crippen molar-refractivity contribution in [1.29, 1.82) is 0 Å². The number of rotatable bonds is 4. The van der Waals surface area contributed by atoms with E-state index < -0.39 is 0 Å². The smallest absolute Gasteiger partial charge is 0.145 e. The maximum atomic E-state index is 6.65. The fourth-order valence-corrected chi connectivity index (χ4v) is 7.91. The predicted molar refractivity (Wildman–Crippen MR) is 220 cm³/mol. The summed E-state index contributed by atoms with van der Waals surface area (Å²) in [6.07, 6.45) is 7.93. The number of benzene rings is 6. The van der Waals surface area contributed by atoms with Gasteiger partial charge in [0.2, 0.25) is 0 Å². The molecule has 10 rings (SSSR count). The molecular formula is C48H34N4O. The number of furan rings is 1. The van der Waals surface area contributed by atoms with E-state index >= 15 is 0 Å². The normalized spacial score (nSPS) is 14.6. The highest BCUT2D eigenvalue weighted by Crippen LogP contribution is 2.38. The molecule has 53 heavy (non-hydrogen) atoms. The summed E-state index contributed by atoms with van der Waals surface area (Å²) < 4.78 is 9.00. The molecule has 252 valence electrons. The third kappa shape index (κ3) is 4.93. The molecule has 9 aromatic rings. The van der Waals surface area contributed by atoms with Crippen molar-refractivity contribution >= 4 is 67.0 Å². The van der Waals surface area contributed by atoms with Crippen molar-refractivity contribution in [2.75, 3.05) is 11.9 Å². The second kappa shape index (κ2) is 12.4. The highest BCUT2D eigenvalue weighted by Gasteiger charge is 2.27. The van der Waals surface area contributed by atoms with Crippen molar-refractivity contribution in [1.82, 2.24) is 9.55 Å². The molecule has 5 heteroatoms. The van der Waals surface area contributed by atoms with Crippen LogP contribution in [0.5, 0.6) is 0 Å².